The SMILES string of the molecule is CCCCc1ccccc1PCC. The number of hydrogen-bond acceptors (Lipinski definition) is 0. The highest BCUT2D eigenvalue weighted by molar-refractivity contribution is 7.47. The summed E-state index contributed by atoms with van der Waals surface area (Å²) in [5.41, 5.74) is 1.57. The summed E-state index contributed by atoms with van der Waals surface area (Å²) in [6.45, 7) is 4.51. The minimum absolute atomic E-state index is 0.997. The summed E-state index contributed by atoms with van der Waals surface area (Å²) in [5, 5.41) is 1.58. The van der Waals surface area contributed by atoms with E-state index in [0.717, 1.165) is 8.58 Å². The third-order valence-corrected chi connectivity index (χ3v) is 3.41. The molecule has 0 aliphatic carbocycles. The van der Waals surface area contributed by atoms with Crippen molar-refractivity contribution in [2.75, 3.05) is 6.16 Å². The summed E-state index contributed by atoms with van der Waals surface area (Å²) in [6.07, 6.45) is 5.16. The molecule has 13 heavy (non-hydrogen) atoms. The van der Waals surface area contributed by atoms with E-state index in [-0.39, 0.29) is 0 Å². The van der Waals surface area contributed by atoms with E-state index in [1.807, 2.05) is 0 Å². The largest absolute Gasteiger partial charge is 0.0904 e. The van der Waals surface area contributed by atoms with Gasteiger partial charge in [-0.1, -0.05) is 53.1 Å². The van der Waals surface area contributed by atoms with Crippen LogP contribution in [-0.4, -0.2) is 6.16 Å². The van der Waals surface area contributed by atoms with E-state index >= 15 is 0 Å². The van der Waals surface area contributed by atoms with Crippen molar-refractivity contribution in [2.24, 2.45) is 0 Å². The summed E-state index contributed by atoms with van der Waals surface area (Å²) in [6, 6.07) is 8.89. The Kier molecular flexibility index (Phi) is 5.08. The highest BCUT2D eigenvalue weighted by Crippen LogP contribution is 2.14. The van der Waals surface area contributed by atoms with Gasteiger partial charge in [0.2, 0.25) is 0 Å². The zero-order chi connectivity index (χ0) is 9.52. The van der Waals surface area contributed by atoms with Crippen LogP contribution in [0, 0.1) is 0 Å². The number of hydrogen-bond donors (Lipinski definition) is 0. The van der Waals surface area contributed by atoms with Gasteiger partial charge in [0.25, 0.3) is 0 Å². The Morgan fingerprint density at radius 1 is 1.15 bits per heavy atom. The third-order valence-electron chi connectivity index (χ3n) is 2.18. The van der Waals surface area contributed by atoms with Crippen molar-refractivity contribution in [3.8, 4) is 0 Å². The van der Waals surface area contributed by atoms with Crippen molar-refractivity contribution in [2.45, 2.75) is 33.1 Å². The van der Waals surface area contributed by atoms with Crippen LogP contribution in [0.3, 0.4) is 0 Å². The maximum atomic E-state index is 2.29. The molecule has 0 saturated carbocycles. The van der Waals surface area contributed by atoms with Gasteiger partial charge in [-0.05, 0) is 29.9 Å². The van der Waals surface area contributed by atoms with Crippen LogP contribution in [0.15, 0.2) is 24.3 Å². The quantitative estimate of drug-likeness (QED) is 0.630. The van der Waals surface area contributed by atoms with Gasteiger partial charge < -0.3 is 0 Å². The third kappa shape index (κ3) is 3.48. The highest BCUT2D eigenvalue weighted by atomic mass is 31.1. The van der Waals surface area contributed by atoms with Crippen molar-refractivity contribution >= 4 is 13.9 Å². The lowest BCUT2D eigenvalue weighted by Gasteiger charge is -2.07. The second-order valence-electron chi connectivity index (χ2n) is 3.29. The van der Waals surface area contributed by atoms with E-state index in [1.54, 1.807) is 10.9 Å². The lowest BCUT2D eigenvalue weighted by molar-refractivity contribution is 0.798. The first-order valence-electron chi connectivity index (χ1n) is 5.20. The van der Waals surface area contributed by atoms with Gasteiger partial charge in [0.1, 0.15) is 0 Å². The van der Waals surface area contributed by atoms with Crippen LogP contribution in [0.25, 0.3) is 0 Å². The average molecular weight is 194 g/mol. The number of benzene rings is 1. The maximum Gasteiger partial charge on any atom is -0.0240 e. The highest BCUT2D eigenvalue weighted by Gasteiger charge is 1.99. The summed E-state index contributed by atoms with van der Waals surface area (Å²) in [4.78, 5) is 0. The molecule has 0 heterocycles. The molecule has 1 unspecified atom stereocenters. The minimum atomic E-state index is 0.997. The Morgan fingerprint density at radius 2 is 1.92 bits per heavy atom. The molecule has 0 radical (unpaired) electrons. The molecule has 0 nitrogen and oxygen atoms in total. The number of unbranched alkanes of at least 4 members (excludes halogenated alkanes) is 1. The molecule has 0 spiro atoms. The van der Waals surface area contributed by atoms with Gasteiger partial charge in [-0.25, -0.2) is 0 Å². The Bertz CT molecular complexity index is 243. The molecular weight excluding hydrogens is 175 g/mol. The van der Waals surface area contributed by atoms with Crippen molar-refractivity contribution in [3.63, 3.8) is 0 Å². The second kappa shape index (κ2) is 6.16. The predicted molar refractivity (Wildman–Crippen MR) is 63.5 cm³/mol. The van der Waals surface area contributed by atoms with Crippen LogP contribution < -0.4 is 5.30 Å². The fourth-order valence-electron chi connectivity index (χ4n) is 1.47. The second-order valence-corrected chi connectivity index (χ2v) is 4.89. The Morgan fingerprint density at radius 3 is 2.62 bits per heavy atom. The van der Waals surface area contributed by atoms with Gasteiger partial charge >= 0.3 is 0 Å². The normalized spacial score (nSPS) is 11.2. The summed E-state index contributed by atoms with van der Waals surface area (Å²) < 4.78 is 0. The van der Waals surface area contributed by atoms with E-state index < -0.39 is 0 Å². The van der Waals surface area contributed by atoms with Crippen molar-refractivity contribution in [1.82, 2.24) is 0 Å². The number of aryl methyl sites for hydroxylation is 1. The van der Waals surface area contributed by atoms with Crippen LogP contribution in [0.5, 0.6) is 0 Å². The fourth-order valence-corrected chi connectivity index (χ4v) is 2.50. The Hall–Kier alpha value is -0.350. The maximum absolute atomic E-state index is 2.29. The first kappa shape index (κ1) is 10.7. The molecule has 1 aromatic carbocycles. The topological polar surface area (TPSA) is 0 Å². The van der Waals surface area contributed by atoms with Crippen LogP contribution in [0.1, 0.15) is 32.3 Å². The van der Waals surface area contributed by atoms with E-state index in [4.69, 9.17) is 0 Å². The summed E-state index contributed by atoms with van der Waals surface area (Å²) in [7, 11) is 0.997. The molecule has 0 amide bonds. The molecule has 0 N–H and O–H groups in total. The monoisotopic (exact) mass is 194 g/mol. The van der Waals surface area contributed by atoms with Crippen molar-refractivity contribution in [3.05, 3.63) is 29.8 Å². The van der Waals surface area contributed by atoms with Crippen LogP contribution >= 0.6 is 8.58 Å². The van der Waals surface area contributed by atoms with Gasteiger partial charge in [-0.3, -0.25) is 0 Å². The van der Waals surface area contributed by atoms with Crippen molar-refractivity contribution < 1.29 is 0 Å². The fraction of sp³-hybridized carbons (Fsp3) is 0.500. The van der Waals surface area contributed by atoms with Gasteiger partial charge in [-0.15, -0.1) is 0 Å². The molecule has 0 aliphatic rings. The first-order chi connectivity index (χ1) is 6.38. The van der Waals surface area contributed by atoms with E-state index in [1.165, 1.54) is 25.4 Å². The molecule has 1 rings (SSSR count). The van der Waals surface area contributed by atoms with Crippen molar-refractivity contribution in [1.29, 1.82) is 0 Å². The molecule has 1 heteroatoms. The van der Waals surface area contributed by atoms with Crippen LogP contribution in [0.4, 0.5) is 0 Å². The van der Waals surface area contributed by atoms with Crippen LogP contribution in [0.2, 0.25) is 0 Å². The molecule has 0 aliphatic heterocycles. The van der Waals surface area contributed by atoms with E-state index in [2.05, 4.69) is 38.1 Å². The van der Waals surface area contributed by atoms with Gasteiger partial charge in [-0.2, -0.15) is 0 Å². The molecule has 0 fully saturated rings. The lowest BCUT2D eigenvalue weighted by atomic mass is 10.1. The molecular formula is C12H19P. The summed E-state index contributed by atoms with van der Waals surface area (Å²) in [5.74, 6) is 0. The van der Waals surface area contributed by atoms with Gasteiger partial charge in [0, 0.05) is 0 Å². The standard InChI is InChI=1S/C12H19P/c1-3-5-8-11-9-6-7-10-12(11)13-4-2/h6-7,9-10,13H,3-5,8H2,1-2H3. The lowest BCUT2D eigenvalue weighted by Crippen LogP contribution is -2.03. The van der Waals surface area contributed by atoms with Gasteiger partial charge in [0.05, 0.1) is 0 Å². The molecule has 0 aromatic heterocycles. The first-order valence-corrected chi connectivity index (χ1v) is 6.41. The van der Waals surface area contributed by atoms with E-state index in [9.17, 15) is 0 Å². The minimum Gasteiger partial charge on any atom is -0.0904 e. The molecule has 72 valence electrons. The molecule has 0 saturated heterocycles. The Balaban J connectivity index is 2.66. The molecule has 1 atom stereocenters. The Labute approximate surface area is 83.5 Å². The smallest absolute Gasteiger partial charge is 0.0240 e. The number of rotatable bonds is 5. The summed E-state index contributed by atoms with van der Waals surface area (Å²) >= 11 is 0. The zero-order valence-electron chi connectivity index (χ0n) is 8.64. The average Bonchev–Trinajstić information content (AvgIpc) is 2.17. The molecule has 0 bridgehead atoms. The van der Waals surface area contributed by atoms with Gasteiger partial charge in [0.15, 0.2) is 0 Å². The predicted octanol–water partition coefficient (Wildman–Crippen LogP) is 3.35. The van der Waals surface area contributed by atoms with Crippen LogP contribution in [-0.2, 0) is 6.42 Å². The zero-order valence-corrected chi connectivity index (χ0v) is 9.64. The molecule has 1 aromatic rings. The van der Waals surface area contributed by atoms with E-state index in [0.29, 0.717) is 0 Å².